The van der Waals surface area contributed by atoms with Crippen LogP contribution in [-0.2, 0) is 0 Å². The molecule has 0 radical (unpaired) electrons. The third-order valence-electron chi connectivity index (χ3n) is 2.48. The fraction of sp³-hybridized carbons (Fsp3) is 0.500. The molecule has 0 fully saturated rings. The molecule has 2 N–H and O–H groups in total. The van der Waals surface area contributed by atoms with Gasteiger partial charge in [0.05, 0.1) is 0 Å². The molecule has 16 heavy (non-hydrogen) atoms. The Morgan fingerprint density at radius 2 is 2.06 bits per heavy atom. The highest BCUT2D eigenvalue weighted by Crippen LogP contribution is 2.27. The molecule has 1 aromatic rings. The maximum absolute atomic E-state index is 6.13. The van der Waals surface area contributed by atoms with Gasteiger partial charge in [-0.1, -0.05) is 59.8 Å². The largest absolute Gasteiger partial charge is 0.324 e. The van der Waals surface area contributed by atoms with Gasteiger partial charge in [0.15, 0.2) is 0 Å². The van der Waals surface area contributed by atoms with Crippen LogP contribution in [-0.4, -0.2) is 0 Å². The third-order valence-corrected chi connectivity index (χ3v) is 3.30. The van der Waals surface area contributed by atoms with Gasteiger partial charge >= 0.3 is 0 Å². The van der Waals surface area contributed by atoms with Gasteiger partial charge in [0.25, 0.3) is 0 Å². The van der Waals surface area contributed by atoms with E-state index < -0.39 is 0 Å². The lowest BCUT2D eigenvalue weighted by Gasteiger charge is -2.13. The van der Waals surface area contributed by atoms with Crippen molar-refractivity contribution in [2.75, 3.05) is 0 Å². The summed E-state index contributed by atoms with van der Waals surface area (Å²) in [6.07, 6.45) is 4.64. The Hall–Kier alpha value is 0.240. The van der Waals surface area contributed by atoms with Crippen molar-refractivity contribution in [3.63, 3.8) is 0 Å². The minimum atomic E-state index is 0. The smallest absolute Gasteiger partial charge is 0.0464 e. The first-order chi connectivity index (χ1) is 7.15. The van der Waals surface area contributed by atoms with Crippen molar-refractivity contribution in [3.05, 3.63) is 33.3 Å². The molecule has 92 valence electrons. The van der Waals surface area contributed by atoms with Gasteiger partial charge in [-0.2, -0.15) is 0 Å². The Morgan fingerprint density at radius 3 is 2.62 bits per heavy atom. The van der Waals surface area contributed by atoms with Gasteiger partial charge in [-0.05, 0) is 24.1 Å². The Labute approximate surface area is 117 Å². The Kier molecular flexibility index (Phi) is 8.47. The molecule has 1 rings (SSSR count). The van der Waals surface area contributed by atoms with Crippen LogP contribution >= 0.6 is 39.9 Å². The molecule has 1 atom stereocenters. The minimum absolute atomic E-state index is 0. The topological polar surface area (TPSA) is 26.0 Å². The molecule has 0 aliphatic carbocycles. The Bertz CT molecular complexity index is 318. The first-order valence-electron chi connectivity index (χ1n) is 5.35. The molecular formula is C12H18BrCl2N. The normalized spacial score (nSPS) is 12.0. The van der Waals surface area contributed by atoms with Gasteiger partial charge in [-0.15, -0.1) is 12.4 Å². The summed E-state index contributed by atoms with van der Waals surface area (Å²) >= 11 is 9.51. The van der Waals surface area contributed by atoms with Crippen LogP contribution in [0.5, 0.6) is 0 Å². The van der Waals surface area contributed by atoms with Crippen molar-refractivity contribution in [1.82, 2.24) is 0 Å². The summed E-state index contributed by atoms with van der Waals surface area (Å²) in [7, 11) is 0. The summed E-state index contributed by atoms with van der Waals surface area (Å²) < 4.78 is 0.997. The number of rotatable bonds is 5. The lowest BCUT2D eigenvalue weighted by molar-refractivity contribution is 0.581. The van der Waals surface area contributed by atoms with Crippen LogP contribution in [0.4, 0.5) is 0 Å². The first-order valence-corrected chi connectivity index (χ1v) is 6.52. The van der Waals surface area contributed by atoms with Gasteiger partial charge in [0.1, 0.15) is 0 Å². The quantitative estimate of drug-likeness (QED) is 0.748. The number of hydrogen-bond acceptors (Lipinski definition) is 1. The zero-order valence-electron chi connectivity index (χ0n) is 9.38. The van der Waals surface area contributed by atoms with E-state index in [0.717, 1.165) is 21.5 Å². The summed E-state index contributed by atoms with van der Waals surface area (Å²) in [6.45, 7) is 2.19. The number of benzene rings is 1. The van der Waals surface area contributed by atoms with Crippen LogP contribution < -0.4 is 5.73 Å². The van der Waals surface area contributed by atoms with Crippen molar-refractivity contribution in [1.29, 1.82) is 0 Å². The number of unbranched alkanes of at least 4 members (excludes halogenated alkanes) is 2. The average molecular weight is 327 g/mol. The van der Waals surface area contributed by atoms with Gasteiger partial charge in [-0.25, -0.2) is 0 Å². The molecule has 0 aliphatic rings. The fourth-order valence-electron chi connectivity index (χ4n) is 1.57. The second kappa shape index (κ2) is 8.35. The lowest BCUT2D eigenvalue weighted by atomic mass is 10.0. The van der Waals surface area contributed by atoms with E-state index in [9.17, 15) is 0 Å². The van der Waals surface area contributed by atoms with E-state index in [1.165, 1.54) is 19.3 Å². The fourth-order valence-corrected chi connectivity index (χ4v) is 2.39. The van der Waals surface area contributed by atoms with Crippen LogP contribution in [0.1, 0.15) is 44.2 Å². The molecule has 1 nitrogen and oxygen atoms in total. The molecule has 0 saturated heterocycles. The summed E-state index contributed by atoms with van der Waals surface area (Å²) in [4.78, 5) is 0. The number of nitrogens with two attached hydrogens (primary N) is 1. The summed E-state index contributed by atoms with van der Waals surface area (Å²) in [6, 6.07) is 5.96. The molecule has 0 spiro atoms. The van der Waals surface area contributed by atoms with Gasteiger partial charge in [0, 0.05) is 15.5 Å². The van der Waals surface area contributed by atoms with Crippen LogP contribution in [0, 0.1) is 0 Å². The van der Waals surface area contributed by atoms with Gasteiger partial charge in [-0.3, -0.25) is 0 Å². The monoisotopic (exact) mass is 325 g/mol. The summed E-state index contributed by atoms with van der Waals surface area (Å²) in [5.41, 5.74) is 7.14. The van der Waals surface area contributed by atoms with E-state index in [4.69, 9.17) is 17.3 Å². The van der Waals surface area contributed by atoms with Gasteiger partial charge in [0.2, 0.25) is 0 Å². The van der Waals surface area contributed by atoms with Crippen LogP contribution in [0.2, 0.25) is 5.02 Å². The van der Waals surface area contributed by atoms with Crippen LogP contribution in [0.15, 0.2) is 22.7 Å². The van der Waals surface area contributed by atoms with Crippen molar-refractivity contribution in [3.8, 4) is 0 Å². The minimum Gasteiger partial charge on any atom is -0.324 e. The molecule has 0 aromatic heterocycles. The Balaban J connectivity index is 0.00000225. The first kappa shape index (κ1) is 16.2. The van der Waals surface area contributed by atoms with E-state index in [2.05, 4.69) is 22.9 Å². The number of hydrogen-bond donors (Lipinski definition) is 1. The molecule has 0 bridgehead atoms. The molecule has 0 saturated carbocycles. The molecule has 0 aliphatic heterocycles. The highest BCUT2D eigenvalue weighted by molar-refractivity contribution is 9.10. The molecule has 1 aromatic carbocycles. The van der Waals surface area contributed by atoms with Gasteiger partial charge < -0.3 is 5.73 Å². The molecule has 0 heterocycles. The predicted octanol–water partition coefficient (Wildman–Crippen LogP) is 5.10. The van der Waals surface area contributed by atoms with Crippen molar-refractivity contribution < 1.29 is 0 Å². The predicted molar refractivity (Wildman–Crippen MR) is 77.5 cm³/mol. The maximum atomic E-state index is 6.13. The third kappa shape index (κ3) is 5.05. The van der Waals surface area contributed by atoms with E-state index in [1.54, 1.807) is 0 Å². The Morgan fingerprint density at radius 1 is 1.38 bits per heavy atom. The van der Waals surface area contributed by atoms with Crippen molar-refractivity contribution in [2.24, 2.45) is 5.73 Å². The van der Waals surface area contributed by atoms with Crippen LogP contribution in [0.3, 0.4) is 0 Å². The zero-order chi connectivity index (χ0) is 11.3. The second-order valence-corrected chi connectivity index (χ2v) is 5.09. The standard InChI is InChI=1S/C12H17BrClN.ClH/c1-2-3-4-5-12(15)10-7-6-9(13)8-11(10)14;/h6-8,12H,2-5,15H2,1H3;1H/t12-;/m1./s1. The van der Waals surface area contributed by atoms with E-state index in [0.29, 0.717) is 0 Å². The zero-order valence-corrected chi connectivity index (χ0v) is 12.5. The van der Waals surface area contributed by atoms with E-state index >= 15 is 0 Å². The molecular weight excluding hydrogens is 309 g/mol. The van der Waals surface area contributed by atoms with E-state index in [1.807, 2.05) is 18.2 Å². The van der Waals surface area contributed by atoms with Crippen LogP contribution in [0.25, 0.3) is 0 Å². The summed E-state index contributed by atoms with van der Waals surface area (Å²) in [5, 5.41) is 0.758. The van der Waals surface area contributed by atoms with Crippen molar-refractivity contribution >= 4 is 39.9 Å². The average Bonchev–Trinajstić information content (AvgIpc) is 2.17. The van der Waals surface area contributed by atoms with Crippen molar-refractivity contribution in [2.45, 2.75) is 38.6 Å². The number of halogens is 3. The van der Waals surface area contributed by atoms with E-state index in [-0.39, 0.29) is 18.4 Å². The molecule has 4 heteroatoms. The highest BCUT2D eigenvalue weighted by Gasteiger charge is 2.09. The maximum Gasteiger partial charge on any atom is 0.0464 e. The SMILES string of the molecule is CCCCC[C@@H](N)c1ccc(Br)cc1Cl.Cl. The molecule has 0 unspecified atom stereocenters. The molecule has 0 amide bonds. The highest BCUT2D eigenvalue weighted by atomic mass is 79.9. The lowest BCUT2D eigenvalue weighted by Crippen LogP contribution is -2.10. The summed E-state index contributed by atoms with van der Waals surface area (Å²) in [5.74, 6) is 0. The second-order valence-electron chi connectivity index (χ2n) is 3.77.